The van der Waals surface area contributed by atoms with Gasteiger partial charge in [-0.15, -0.1) is 0 Å². The van der Waals surface area contributed by atoms with E-state index in [9.17, 15) is 4.79 Å². The molecule has 1 heterocycles. The topological polar surface area (TPSA) is 44.1 Å². The molecule has 4 nitrogen and oxygen atoms in total. The van der Waals surface area contributed by atoms with E-state index in [1.54, 1.807) is 10.7 Å². The van der Waals surface area contributed by atoms with Crippen molar-refractivity contribution in [1.29, 1.82) is 0 Å². The molecule has 0 saturated carbocycles. The van der Waals surface area contributed by atoms with Gasteiger partial charge in [0.25, 0.3) is 0 Å². The molecule has 94 valence electrons. The summed E-state index contributed by atoms with van der Waals surface area (Å²) < 4.78 is 6.44. The first-order valence-electron chi connectivity index (χ1n) is 5.75. The van der Waals surface area contributed by atoms with Crippen LogP contribution in [0.4, 0.5) is 0 Å². The van der Waals surface area contributed by atoms with Crippen molar-refractivity contribution in [3.8, 4) is 5.69 Å². The van der Waals surface area contributed by atoms with Crippen LogP contribution in [-0.2, 0) is 4.74 Å². The van der Waals surface area contributed by atoms with Gasteiger partial charge in [0.05, 0.1) is 12.8 Å². The van der Waals surface area contributed by atoms with Crippen molar-refractivity contribution in [2.45, 2.75) is 20.8 Å². The first-order valence-corrected chi connectivity index (χ1v) is 5.75. The zero-order chi connectivity index (χ0) is 13.3. The third-order valence-corrected chi connectivity index (χ3v) is 2.86. The number of benzene rings is 1. The van der Waals surface area contributed by atoms with Crippen LogP contribution in [0.25, 0.3) is 5.69 Å². The highest BCUT2D eigenvalue weighted by Gasteiger charge is 2.14. The lowest BCUT2D eigenvalue weighted by Crippen LogP contribution is -2.05. The molecule has 1 aromatic heterocycles. The van der Waals surface area contributed by atoms with Gasteiger partial charge in [-0.1, -0.05) is 17.7 Å². The average molecular weight is 244 g/mol. The monoisotopic (exact) mass is 244 g/mol. The third-order valence-electron chi connectivity index (χ3n) is 2.86. The number of aryl methyl sites for hydroxylation is 3. The normalized spacial score (nSPS) is 10.4. The number of hydrogen-bond donors (Lipinski definition) is 0. The van der Waals surface area contributed by atoms with Crippen molar-refractivity contribution in [3.63, 3.8) is 0 Å². The Hall–Kier alpha value is -2.10. The number of aromatic nitrogens is 2. The molecule has 18 heavy (non-hydrogen) atoms. The summed E-state index contributed by atoms with van der Waals surface area (Å²) in [6.45, 7) is 5.99. The molecule has 2 aromatic rings. The molecular weight excluding hydrogens is 228 g/mol. The maximum atomic E-state index is 11.5. The molecule has 0 fully saturated rings. The van der Waals surface area contributed by atoms with Crippen LogP contribution >= 0.6 is 0 Å². The maximum absolute atomic E-state index is 11.5. The predicted octanol–water partition coefficient (Wildman–Crippen LogP) is 2.58. The molecule has 0 atom stereocenters. The molecule has 4 heteroatoms. The number of hydrogen-bond acceptors (Lipinski definition) is 3. The summed E-state index contributed by atoms with van der Waals surface area (Å²) in [6.07, 6.45) is 0. The lowest BCUT2D eigenvalue weighted by Gasteiger charge is -2.08. The Morgan fingerprint density at radius 1 is 1.22 bits per heavy atom. The van der Waals surface area contributed by atoms with Crippen LogP contribution < -0.4 is 0 Å². The van der Waals surface area contributed by atoms with Gasteiger partial charge in [-0.05, 0) is 38.5 Å². The summed E-state index contributed by atoms with van der Waals surface area (Å²) in [4.78, 5) is 11.5. The lowest BCUT2D eigenvalue weighted by atomic mass is 10.1. The van der Waals surface area contributed by atoms with Crippen LogP contribution in [0.1, 0.15) is 27.3 Å². The Labute approximate surface area is 106 Å². The smallest absolute Gasteiger partial charge is 0.358 e. The molecule has 0 spiro atoms. The summed E-state index contributed by atoms with van der Waals surface area (Å²) in [5, 5.41) is 4.28. The molecule has 0 radical (unpaired) electrons. The van der Waals surface area contributed by atoms with Crippen LogP contribution in [0.15, 0.2) is 24.3 Å². The van der Waals surface area contributed by atoms with Crippen molar-refractivity contribution >= 4 is 5.97 Å². The number of methoxy groups -OCH3 is 1. The van der Waals surface area contributed by atoms with Gasteiger partial charge in [0.1, 0.15) is 0 Å². The quantitative estimate of drug-likeness (QED) is 0.763. The number of esters is 1. The van der Waals surface area contributed by atoms with Crippen LogP contribution in [0, 0.1) is 20.8 Å². The van der Waals surface area contributed by atoms with Crippen LogP contribution in [0.5, 0.6) is 0 Å². The van der Waals surface area contributed by atoms with Gasteiger partial charge in [-0.2, -0.15) is 5.10 Å². The van der Waals surface area contributed by atoms with Crippen molar-refractivity contribution < 1.29 is 9.53 Å². The number of ether oxygens (including phenoxy) is 1. The highest BCUT2D eigenvalue weighted by Crippen LogP contribution is 2.18. The Morgan fingerprint density at radius 3 is 2.56 bits per heavy atom. The van der Waals surface area contributed by atoms with Crippen LogP contribution in [0.2, 0.25) is 0 Å². The van der Waals surface area contributed by atoms with E-state index < -0.39 is 5.97 Å². The van der Waals surface area contributed by atoms with Gasteiger partial charge in [0, 0.05) is 5.69 Å². The Bertz CT molecular complexity index is 600. The third kappa shape index (κ3) is 2.14. The Balaban J connectivity index is 2.51. The van der Waals surface area contributed by atoms with E-state index in [1.165, 1.54) is 12.7 Å². The van der Waals surface area contributed by atoms with Crippen molar-refractivity contribution in [3.05, 3.63) is 46.8 Å². The van der Waals surface area contributed by atoms with Crippen LogP contribution in [0.3, 0.4) is 0 Å². The fraction of sp³-hybridized carbons (Fsp3) is 0.286. The molecule has 0 aliphatic rings. The SMILES string of the molecule is COC(=O)c1cc(C)n(-c2ccc(C)cc2C)n1. The minimum Gasteiger partial charge on any atom is -0.464 e. The molecule has 0 unspecified atom stereocenters. The van der Waals surface area contributed by atoms with Gasteiger partial charge in [-0.25, -0.2) is 9.48 Å². The summed E-state index contributed by atoms with van der Waals surface area (Å²) in [5.74, 6) is -0.415. The fourth-order valence-corrected chi connectivity index (χ4v) is 1.97. The second kappa shape index (κ2) is 4.64. The number of rotatable bonds is 2. The van der Waals surface area contributed by atoms with E-state index in [-0.39, 0.29) is 0 Å². The summed E-state index contributed by atoms with van der Waals surface area (Å²) >= 11 is 0. The molecule has 0 N–H and O–H groups in total. The molecule has 1 aromatic carbocycles. The first-order chi connectivity index (χ1) is 8.52. The molecule has 0 saturated heterocycles. The highest BCUT2D eigenvalue weighted by atomic mass is 16.5. The summed E-state index contributed by atoms with van der Waals surface area (Å²) in [7, 11) is 1.35. The minimum atomic E-state index is -0.415. The first kappa shape index (κ1) is 12.4. The molecular formula is C14H16N2O2. The second-order valence-electron chi connectivity index (χ2n) is 4.36. The number of carbonyl (C=O) groups excluding carboxylic acids is 1. The van der Waals surface area contributed by atoms with Gasteiger partial charge in [-0.3, -0.25) is 0 Å². The van der Waals surface area contributed by atoms with Gasteiger partial charge in [0.15, 0.2) is 5.69 Å². The van der Waals surface area contributed by atoms with Crippen LogP contribution in [-0.4, -0.2) is 22.9 Å². The summed E-state index contributed by atoms with van der Waals surface area (Å²) in [5.41, 5.74) is 4.54. The van der Waals surface area contributed by atoms with E-state index in [2.05, 4.69) is 15.9 Å². The fourth-order valence-electron chi connectivity index (χ4n) is 1.97. The molecule has 0 aliphatic carbocycles. The zero-order valence-electron chi connectivity index (χ0n) is 11.0. The van der Waals surface area contributed by atoms with E-state index >= 15 is 0 Å². The number of nitrogens with zero attached hydrogens (tertiary/aromatic N) is 2. The average Bonchev–Trinajstić information content (AvgIpc) is 2.70. The van der Waals surface area contributed by atoms with Crippen molar-refractivity contribution in [1.82, 2.24) is 9.78 Å². The molecule has 0 bridgehead atoms. The van der Waals surface area contributed by atoms with E-state index in [0.29, 0.717) is 5.69 Å². The minimum absolute atomic E-state index is 0.329. The standard InChI is InChI=1S/C14H16N2O2/c1-9-5-6-13(10(2)7-9)16-11(3)8-12(15-16)14(17)18-4/h5-8H,1-4H3. The van der Waals surface area contributed by atoms with Gasteiger partial charge >= 0.3 is 5.97 Å². The second-order valence-corrected chi connectivity index (χ2v) is 4.36. The highest BCUT2D eigenvalue weighted by molar-refractivity contribution is 5.87. The van der Waals surface area contributed by atoms with E-state index in [1.807, 2.05) is 32.9 Å². The maximum Gasteiger partial charge on any atom is 0.358 e. The molecule has 0 aliphatic heterocycles. The Kier molecular flexibility index (Phi) is 3.19. The number of carbonyl (C=O) groups is 1. The largest absolute Gasteiger partial charge is 0.464 e. The van der Waals surface area contributed by atoms with E-state index in [0.717, 1.165) is 16.9 Å². The van der Waals surface area contributed by atoms with E-state index in [4.69, 9.17) is 0 Å². The van der Waals surface area contributed by atoms with Crippen molar-refractivity contribution in [2.24, 2.45) is 0 Å². The zero-order valence-corrected chi connectivity index (χ0v) is 11.0. The van der Waals surface area contributed by atoms with Crippen molar-refractivity contribution in [2.75, 3.05) is 7.11 Å². The lowest BCUT2D eigenvalue weighted by molar-refractivity contribution is 0.0593. The Morgan fingerprint density at radius 2 is 1.94 bits per heavy atom. The summed E-state index contributed by atoms with van der Waals surface area (Å²) in [6, 6.07) is 7.85. The molecule has 2 rings (SSSR count). The van der Waals surface area contributed by atoms with Gasteiger partial charge in [0.2, 0.25) is 0 Å². The van der Waals surface area contributed by atoms with Gasteiger partial charge < -0.3 is 4.74 Å². The predicted molar refractivity (Wildman–Crippen MR) is 69.1 cm³/mol. The molecule has 0 amide bonds.